The molecule has 0 aromatic carbocycles. The van der Waals surface area contributed by atoms with E-state index >= 15 is 0 Å². The van der Waals surface area contributed by atoms with Crippen molar-refractivity contribution in [2.45, 2.75) is 89.6 Å². The summed E-state index contributed by atoms with van der Waals surface area (Å²) < 4.78 is 3.58. The summed E-state index contributed by atoms with van der Waals surface area (Å²) in [6, 6.07) is 0. The van der Waals surface area contributed by atoms with Crippen LogP contribution in [-0.4, -0.2) is 30.5 Å². The smallest absolute Gasteiger partial charge is 0.263 e. The fourth-order valence-electron chi connectivity index (χ4n) is 4.42. The number of thiophene rings is 1. The van der Waals surface area contributed by atoms with Gasteiger partial charge in [0, 0.05) is 18.5 Å². The number of fused-ring (bicyclic) bond motifs is 3. The summed E-state index contributed by atoms with van der Waals surface area (Å²) in [5.74, 6) is -0.112. The van der Waals surface area contributed by atoms with Crippen LogP contribution in [0.15, 0.2) is 9.95 Å². The van der Waals surface area contributed by atoms with Gasteiger partial charge >= 0.3 is 0 Å². The van der Waals surface area contributed by atoms with Crippen molar-refractivity contribution < 1.29 is 4.79 Å². The van der Waals surface area contributed by atoms with Crippen LogP contribution in [0.4, 0.5) is 5.69 Å². The highest BCUT2D eigenvalue weighted by Crippen LogP contribution is 2.35. The predicted molar refractivity (Wildman–Crippen MR) is 137 cm³/mol. The zero-order chi connectivity index (χ0) is 23.7. The molecule has 1 aliphatic carbocycles. The first-order chi connectivity index (χ1) is 15.8. The van der Waals surface area contributed by atoms with Crippen molar-refractivity contribution in [1.82, 2.24) is 19.3 Å². The van der Waals surface area contributed by atoms with Crippen LogP contribution in [-0.2, 0) is 31.2 Å². The monoisotopic (exact) mass is 487 g/mol. The number of nitrogens with one attached hydrogen (secondary N) is 1. The summed E-state index contributed by atoms with van der Waals surface area (Å²) in [6.07, 6.45) is 7.39. The average Bonchev–Trinajstić information content (AvgIpc) is 3.27. The number of nitrogens with zero attached hydrogens (tertiary/aromatic N) is 4. The Kier molecular flexibility index (Phi) is 7.28. The molecule has 178 valence electrons. The van der Waals surface area contributed by atoms with E-state index in [1.165, 1.54) is 28.6 Å². The summed E-state index contributed by atoms with van der Waals surface area (Å²) in [4.78, 5) is 33.7. The van der Waals surface area contributed by atoms with E-state index in [1.807, 2.05) is 32.4 Å². The standard InChI is InChI=1S/C24H33N5O2S2/c1-6-7-10-13-29-23(31)19-17-11-8-9-12-18(17)33-22(19)26-24(29)32-16(4)21(30)25-20-14(2)27-28(5)15(20)3/h16H,6-13H2,1-5H3,(H,25,30). The number of unbranched alkanes of at least 4 members (excludes halogenated alkanes) is 2. The third kappa shape index (κ3) is 4.75. The molecule has 1 N–H and O–H groups in total. The third-order valence-corrected chi connectivity index (χ3v) is 8.71. The van der Waals surface area contributed by atoms with Gasteiger partial charge in [0.2, 0.25) is 5.91 Å². The molecule has 0 radical (unpaired) electrons. The molecule has 1 aliphatic rings. The summed E-state index contributed by atoms with van der Waals surface area (Å²) in [7, 11) is 1.87. The SMILES string of the molecule is CCCCCn1c(SC(C)C(=O)Nc2c(C)nn(C)c2C)nc2sc3c(c2c1=O)CCCC3. The summed E-state index contributed by atoms with van der Waals surface area (Å²) in [5.41, 5.74) is 3.74. The molecule has 0 aliphatic heterocycles. The number of carbonyl (C=O) groups excluding carboxylic acids is 1. The Labute approximate surface area is 203 Å². The van der Waals surface area contributed by atoms with Crippen LogP contribution in [0.3, 0.4) is 0 Å². The van der Waals surface area contributed by atoms with Crippen LogP contribution in [0.2, 0.25) is 0 Å². The molecule has 0 saturated heterocycles. The van der Waals surface area contributed by atoms with Crippen molar-refractivity contribution in [1.29, 1.82) is 0 Å². The van der Waals surface area contributed by atoms with Crippen LogP contribution in [0.25, 0.3) is 10.2 Å². The van der Waals surface area contributed by atoms with Gasteiger partial charge in [0.05, 0.1) is 27.7 Å². The molecule has 33 heavy (non-hydrogen) atoms. The molecule has 3 aromatic heterocycles. The maximum Gasteiger partial charge on any atom is 0.263 e. The number of hydrogen-bond donors (Lipinski definition) is 1. The quantitative estimate of drug-likeness (QED) is 0.275. The van der Waals surface area contributed by atoms with Crippen molar-refractivity contribution in [2.75, 3.05) is 5.32 Å². The van der Waals surface area contributed by atoms with E-state index in [-0.39, 0.29) is 11.5 Å². The van der Waals surface area contributed by atoms with Crippen LogP contribution >= 0.6 is 23.1 Å². The van der Waals surface area contributed by atoms with Crippen molar-refractivity contribution in [3.63, 3.8) is 0 Å². The van der Waals surface area contributed by atoms with Gasteiger partial charge in [0.15, 0.2) is 5.16 Å². The van der Waals surface area contributed by atoms with E-state index in [0.29, 0.717) is 11.7 Å². The van der Waals surface area contributed by atoms with Crippen LogP contribution in [0.1, 0.15) is 67.8 Å². The fourth-order valence-corrected chi connectivity index (χ4v) is 6.66. The number of rotatable bonds is 8. The van der Waals surface area contributed by atoms with Crippen LogP contribution in [0.5, 0.6) is 0 Å². The minimum atomic E-state index is -0.402. The van der Waals surface area contributed by atoms with E-state index in [2.05, 4.69) is 17.3 Å². The Morgan fingerprint density at radius 1 is 1.24 bits per heavy atom. The molecule has 9 heteroatoms. The molecule has 1 atom stereocenters. The van der Waals surface area contributed by atoms with Gasteiger partial charge in [0.25, 0.3) is 5.56 Å². The third-order valence-electron chi connectivity index (χ3n) is 6.43. The molecule has 1 unspecified atom stereocenters. The zero-order valence-corrected chi connectivity index (χ0v) is 21.8. The maximum absolute atomic E-state index is 13.6. The highest BCUT2D eigenvalue weighted by molar-refractivity contribution is 8.00. The lowest BCUT2D eigenvalue weighted by atomic mass is 9.97. The maximum atomic E-state index is 13.6. The number of anilines is 1. The molecule has 7 nitrogen and oxygen atoms in total. The van der Waals surface area contributed by atoms with E-state index in [0.717, 1.165) is 65.8 Å². The van der Waals surface area contributed by atoms with Crippen molar-refractivity contribution in [3.05, 3.63) is 32.2 Å². The highest BCUT2D eigenvalue weighted by atomic mass is 32.2. The van der Waals surface area contributed by atoms with Crippen molar-refractivity contribution in [3.8, 4) is 0 Å². The molecule has 0 fully saturated rings. The molecule has 1 amide bonds. The minimum Gasteiger partial charge on any atom is -0.322 e. The van der Waals surface area contributed by atoms with Gasteiger partial charge in [-0.1, -0.05) is 31.5 Å². The Morgan fingerprint density at radius 2 is 2.00 bits per heavy atom. The van der Waals surface area contributed by atoms with Crippen molar-refractivity contribution >= 4 is 44.9 Å². The van der Waals surface area contributed by atoms with Crippen LogP contribution in [0, 0.1) is 13.8 Å². The molecular formula is C24H33N5O2S2. The van der Waals surface area contributed by atoms with Gasteiger partial charge in [-0.15, -0.1) is 11.3 Å². The average molecular weight is 488 g/mol. The lowest BCUT2D eigenvalue weighted by Gasteiger charge is -2.16. The molecule has 3 aromatic rings. The van der Waals surface area contributed by atoms with Gasteiger partial charge in [0.1, 0.15) is 4.83 Å². The van der Waals surface area contributed by atoms with Gasteiger partial charge in [-0.3, -0.25) is 18.8 Å². The predicted octanol–water partition coefficient (Wildman–Crippen LogP) is 5.00. The molecule has 0 spiro atoms. The topological polar surface area (TPSA) is 81.8 Å². The Balaban J connectivity index is 1.65. The lowest BCUT2D eigenvalue weighted by Crippen LogP contribution is -2.27. The largest absolute Gasteiger partial charge is 0.322 e. The summed E-state index contributed by atoms with van der Waals surface area (Å²) in [5, 5.41) is 8.46. The normalized spacial score (nSPS) is 14.5. The Bertz CT molecular complexity index is 1240. The molecule has 0 saturated carbocycles. The first kappa shape index (κ1) is 24.0. The number of amides is 1. The van der Waals surface area contributed by atoms with E-state index < -0.39 is 5.25 Å². The van der Waals surface area contributed by atoms with Gasteiger partial charge in [-0.25, -0.2) is 4.98 Å². The number of thioether (sulfide) groups is 1. The van der Waals surface area contributed by atoms with E-state index in [9.17, 15) is 9.59 Å². The number of hydrogen-bond acceptors (Lipinski definition) is 6. The van der Waals surface area contributed by atoms with Gasteiger partial charge in [-0.2, -0.15) is 5.10 Å². The second kappa shape index (κ2) is 10.0. The second-order valence-corrected chi connectivity index (χ2v) is 11.3. The van der Waals surface area contributed by atoms with E-state index in [1.54, 1.807) is 16.0 Å². The van der Waals surface area contributed by atoms with Crippen LogP contribution < -0.4 is 10.9 Å². The molecule has 0 bridgehead atoms. The molecular weight excluding hydrogens is 454 g/mol. The lowest BCUT2D eigenvalue weighted by molar-refractivity contribution is -0.115. The fraction of sp³-hybridized carbons (Fsp3) is 0.583. The van der Waals surface area contributed by atoms with Crippen molar-refractivity contribution in [2.24, 2.45) is 7.05 Å². The minimum absolute atomic E-state index is 0.0598. The van der Waals surface area contributed by atoms with Gasteiger partial charge in [-0.05, 0) is 58.4 Å². The van der Waals surface area contributed by atoms with E-state index in [4.69, 9.17) is 4.98 Å². The Hall–Kier alpha value is -2.13. The summed E-state index contributed by atoms with van der Waals surface area (Å²) in [6.45, 7) is 8.49. The van der Waals surface area contributed by atoms with Gasteiger partial charge < -0.3 is 5.32 Å². The number of aromatic nitrogens is 4. The number of aryl methyl sites for hydroxylation is 4. The Morgan fingerprint density at radius 3 is 2.70 bits per heavy atom. The second-order valence-electron chi connectivity index (χ2n) is 8.87. The molecule has 4 rings (SSSR count). The summed E-state index contributed by atoms with van der Waals surface area (Å²) >= 11 is 3.03. The molecule has 3 heterocycles. The zero-order valence-electron chi connectivity index (χ0n) is 20.2. The highest BCUT2D eigenvalue weighted by Gasteiger charge is 2.25. The first-order valence-electron chi connectivity index (χ1n) is 11.8. The first-order valence-corrected chi connectivity index (χ1v) is 13.5. The number of carbonyl (C=O) groups is 1.